The quantitative estimate of drug-likeness (QED) is 0.507. The van der Waals surface area contributed by atoms with Crippen LogP contribution in [0, 0.1) is 0 Å². The van der Waals surface area contributed by atoms with E-state index >= 15 is 0 Å². The number of hydrogen-bond donors (Lipinski definition) is 1. The van der Waals surface area contributed by atoms with Gasteiger partial charge in [0, 0.05) is 31.6 Å². The van der Waals surface area contributed by atoms with E-state index in [1.807, 2.05) is 24.3 Å². The molecule has 1 aliphatic heterocycles. The molecule has 3 aromatic carbocycles. The number of nitrogens with one attached hydrogen (secondary N) is 1. The minimum Gasteiger partial charge on any atom is -0.493 e. The Balaban J connectivity index is 1.42. The molecule has 4 rings (SSSR count). The second-order valence-corrected chi connectivity index (χ2v) is 9.51. The smallest absolute Gasteiger partial charge is 0.261 e. The van der Waals surface area contributed by atoms with Gasteiger partial charge < -0.3 is 19.1 Å². The molecule has 0 amide bonds. The van der Waals surface area contributed by atoms with E-state index in [2.05, 4.69) is 9.62 Å². The second kappa shape index (κ2) is 10.1. The summed E-state index contributed by atoms with van der Waals surface area (Å²) in [6, 6.07) is 21.0. The predicted octanol–water partition coefficient (Wildman–Crippen LogP) is 4.90. The molecule has 33 heavy (non-hydrogen) atoms. The highest BCUT2D eigenvalue weighted by Crippen LogP contribution is 2.31. The molecule has 1 heterocycles. The average molecular weight is 469 g/mol. The molecule has 1 atom stereocenters. The van der Waals surface area contributed by atoms with Crippen LogP contribution < -0.4 is 19.1 Å². The fourth-order valence-electron chi connectivity index (χ4n) is 3.84. The van der Waals surface area contributed by atoms with Gasteiger partial charge in [-0.15, -0.1) is 0 Å². The Hall–Kier alpha value is -3.23. The molecule has 3 aromatic rings. The number of nitrogens with zero attached hydrogens (tertiary/aromatic N) is 1. The Morgan fingerprint density at radius 3 is 2.27 bits per heavy atom. The maximum absolute atomic E-state index is 12.8. The van der Waals surface area contributed by atoms with E-state index in [1.165, 1.54) is 12.1 Å². The van der Waals surface area contributed by atoms with Crippen LogP contribution in [-0.2, 0) is 14.8 Å². The first-order chi connectivity index (χ1) is 16.0. The summed E-state index contributed by atoms with van der Waals surface area (Å²) in [6.07, 6.45) is 2.36. The molecule has 0 aromatic heterocycles. The van der Waals surface area contributed by atoms with E-state index in [0.29, 0.717) is 22.9 Å². The molecule has 1 fully saturated rings. The first kappa shape index (κ1) is 22.9. The third kappa shape index (κ3) is 5.58. The van der Waals surface area contributed by atoms with Gasteiger partial charge in [-0.05, 0) is 73.5 Å². The first-order valence-electron chi connectivity index (χ1n) is 10.8. The molecule has 1 unspecified atom stereocenters. The van der Waals surface area contributed by atoms with Crippen molar-refractivity contribution in [3.63, 3.8) is 0 Å². The third-order valence-electron chi connectivity index (χ3n) is 5.63. The van der Waals surface area contributed by atoms with Crippen LogP contribution in [0.1, 0.15) is 12.8 Å². The number of benzene rings is 3. The Morgan fingerprint density at radius 1 is 0.909 bits per heavy atom. The largest absolute Gasteiger partial charge is 0.493 e. The lowest BCUT2D eigenvalue weighted by Gasteiger charge is -2.33. The zero-order chi connectivity index (χ0) is 23.3. The Bertz CT molecular complexity index is 1160. The number of anilines is 2. The number of piperidine rings is 1. The summed E-state index contributed by atoms with van der Waals surface area (Å²) in [6.45, 7) is 1.80. The third-order valence-corrected chi connectivity index (χ3v) is 7.02. The fraction of sp³-hybridized carbons (Fsp3) is 0.280. The summed E-state index contributed by atoms with van der Waals surface area (Å²) in [7, 11) is -0.422. The lowest BCUT2D eigenvalue weighted by molar-refractivity contribution is 0.0893. The average Bonchev–Trinajstić information content (AvgIpc) is 2.85. The second-order valence-electron chi connectivity index (χ2n) is 7.82. The van der Waals surface area contributed by atoms with Crippen LogP contribution in [0.3, 0.4) is 0 Å². The lowest BCUT2D eigenvalue weighted by Crippen LogP contribution is -2.39. The molecule has 0 spiro atoms. The van der Waals surface area contributed by atoms with Crippen LogP contribution in [0.2, 0.25) is 0 Å². The fourth-order valence-corrected chi connectivity index (χ4v) is 4.90. The SMILES string of the molecule is COc1ccccc1Oc1ccc(S(=O)(=O)Nc2ccc(N3CCCC(OC)C3)cc2)cc1. The van der Waals surface area contributed by atoms with E-state index < -0.39 is 10.0 Å². The van der Waals surface area contributed by atoms with Gasteiger partial charge in [0.15, 0.2) is 11.5 Å². The first-order valence-corrected chi connectivity index (χ1v) is 12.3. The van der Waals surface area contributed by atoms with Crippen LogP contribution >= 0.6 is 0 Å². The highest BCUT2D eigenvalue weighted by molar-refractivity contribution is 7.92. The molecule has 1 N–H and O–H groups in total. The van der Waals surface area contributed by atoms with Gasteiger partial charge in [0.1, 0.15) is 5.75 Å². The van der Waals surface area contributed by atoms with Gasteiger partial charge in [0.25, 0.3) is 10.0 Å². The molecular weight excluding hydrogens is 440 g/mol. The zero-order valence-electron chi connectivity index (χ0n) is 18.7. The van der Waals surface area contributed by atoms with Gasteiger partial charge >= 0.3 is 0 Å². The summed E-state index contributed by atoms with van der Waals surface area (Å²) in [5.74, 6) is 1.67. The van der Waals surface area contributed by atoms with E-state index in [0.717, 1.165) is 31.6 Å². The highest BCUT2D eigenvalue weighted by Gasteiger charge is 2.20. The summed E-state index contributed by atoms with van der Waals surface area (Å²) in [5, 5.41) is 0. The maximum Gasteiger partial charge on any atom is 0.261 e. The summed E-state index contributed by atoms with van der Waals surface area (Å²) in [4.78, 5) is 2.41. The van der Waals surface area contributed by atoms with Crippen molar-refractivity contribution in [3.05, 3.63) is 72.8 Å². The summed E-state index contributed by atoms with van der Waals surface area (Å²) >= 11 is 0. The highest BCUT2D eigenvalue weighted by atomic mass is 32.2. The van der Waals surface area contributed by atoms with Gasteiger partial charge in [0.2, 0.25) is 0 Å². The van der Waals surface area contributed by atoms with Crippen molar-refractivity contribution >= 4 is 21.4 Å². The number of methoxy groups -OCH3 is 2. The van der Waals surface area contributed by atoms with Gasteiger partial charge in [0.05, 0.1) is 18.1 Å². The number of rotatable bonds is 8. The van der Waals surface area contributed by atoms with Crippen LogP contribution in [0.4, 0.5) is 11.4 Å². The molecule has 0 bridgehead atoms. The maximum atomic E-state index is 12.8. The van der Waals surface area contributed by atoms with Crippen molar-refractivity contribution in [1.29, 1.82) is 0 Å². The topological polar surface area (TPSA) is 77.1 Å². The molecule has 0 radical (unpaired) electrons. The van der Waals surface area contributed by atoms with Crippen LogP contribution in [-0.4, -0.2) is 41.8 Å². The molecule has 8 heteroatoms. The number of para-hydroxylation sites is 2. The van der Waals surface area contributed by atoms with Crippen LogP contribution in [0.5, 0.6) is 17.2 Å². The van der Waals surface area contributed by atoms with E-state index in [-0.39, 0.29) is 11.0 Å². The predicted molar refractivity (Wildman–Crippen MR) is 129 cm³/mol. The molecular formula is C25H28N2O5S. The standard InChI is InChI=1S/C25H28N2O5S/c1-30-22-6-5-17-27(18-22)20-11-9-19(10-12-20)26-33(28,29)23-15-13-21(14-16-23)32-25-8-4-3-7-24(25)31-2/h3-4,7-16,22,26H,5-6,17-18H2,1-2H3. The minimum absolute atomic E-state index is 0.151. The number of sulfonamides is 1. The summed E-state index contributed by atoms with van der Waals surface area (Å²) < 4.78 is 44.9. The van der Waals surface area contributed by atoms with E-state index in [4.69, 9.17) is 14.2 Å². The molecule has 0 saturated carbocycles. The molecule has 1 aliphatic rings. The Labute approximate surface area is 195 Å². The van der Waals surface area contributed by atoms with Crippen LogP contribution in [0.25, 0.3) is 0 Å². The minimum atomic E-state index is -3.73. The van der Waals surface area contributed by atoms with Gasteiger partial charge in [-0.3, -0.25) is 4.72 Å². The van der Waals surface area contributed by atoms with Crippen molar-refractivity contribution in [2.75, 3.05) is 36.9 Å². The van der Waals surface area contributed by atoms with Crippen molar-refractivity contribution in [2.45, 2.75) is 23.8 Å². The Kier molecular flexibility index (Phi) is 7.05. The van der Waals surface area contributed by atoms with Crippen molar-refractivity contribution in [3.8, 4) is 17.2 Å². The lowest BCUT2D eigenvalue weighted by atomic mass is 10.1. The Morgan fingerprint density at radius 2 is 1.61 bits per heavy atom. The van der Waals surface area contributed by atoms with E-state index in [1.54, 1.807) is 50.6 Å². The van der Waals surface area contributed by atoms with Gasteiger partial charge in [-0.2, -0.15) is 0 Å². The van der Waals surface area contributed by atoms with E-state index in [9.17, 15) is 8.42 Å². The van der Waals surface area contributed by atoms with Crippen molar-refractivity contribution in [1.82, 2.24) is 0 Å². The van der Waals surface area contributed by atoms with Crippen LogP contribution in [0.15, 0.2) is 77.7 Å². The molecule has 0 aliphatic carbocycles. The number of hydrogen-bond acceptors (Lipinski definition) is 6. The van der Waals surface area contributed by atoms with Crippen molar-refractivity contribution in [2.24, 2.45) is 0 Å². The number of ether oxygens (including phenoxy) is 3. The normalized spacial score (nSPS) is 16.3. The molecule has 1 saturated heterocycles. The van der Waals surface area contributed by atoms with Gasteiger partial charge in [-0.25, -0.2) is 8.42 Å². The monoisotopic (exact) mass is 468 g/mol. The van der Waals surface area contributed by atoms with Gasteiger partial charge in [-0.1, -0.05) is 12.1 Å². The molecule has 7 nitrogen and oxygen atoms in total. The molecule has 174 valence electrons. The van der Waals surface area contributed by atoms with Crippen molar-refractivity contribution < 1.29 is 22.6 Å². The summed E-state index contributed by atoms with van der Waals surface area (Å²) in [5.41, 5.74) is 1.56. The zero-order valence-corrected chi connectivity index (χ0v) is 19.5.